The molecule has 0 aliphatic heterocycles. The van der Waals surface area contributed by atoms with Crippen LogP contribution in [-0.4, -0.2) is 11.9 Å². The Labute approximate surface area is 116 Å². The Morgan fingerprint density at radius 1 is 1.44 bits per heavy atom. The topological polar surface area (TPSA) is 55.1 Å². The van der Waals surface area contributed by atoms with Gasteiger partial charge in [0.1, 0.15) is 5.82 Å². The van der Waals surface area contributed by atoms with Crippen LogP contribution in [0.25, 0.3) is 0 Å². The van der Waals surface area contributed by atoms with Crippen molar-refractivity contribution in [3.63, 3.8) is 0 Å². The van der Waals surface area contributed by atoms with Crippen molar-refractivity contribution in [2.45, 2.75) is 25.3 Å². The third-order valence-electron chi connectivity index (χ3n) is 3.03. The summed E-state index contributed by atoms with van der Waals surface area (Å²) in [5, 5.41) is 2.73. The highest BCUT2D eigenvalue weighted by molar-refractivity contribution is 6.31. The highest BCUT2D eigenvalue weighted by Crippen LogP contribution is 2.26. The van der Waals surface area contributed by atoms with Crippen molar-refractivity contribution in [2.24, 2.45) is 11.7 Å². The first-order valence-corrected chi connectivity index (χ1v) is 5.95. The second-order valence-corrected chi connectivity index (χ2v) is 4.80. The first kappa shape index (κ1) is 15.2. The Morgan fingerprint density at radius 2 is 2.17 bits per heavy atom. The number of anilines is 1. The molecule has 2 atom stereocenters. The van der Waals surface area contributed by atoms with Crippen LogP contribution in [0.5, 0.6) is 0 Å². The predicted molar refractivity (Wildman–Crippen MR) is 72.6 cm³/mol. The Morgan fingerprint density at radius 3 is 2.72 bits per heavy atom. The van der Waals surface area contributed by atoms with Gasteiger partial charge in [-0.3, -0.25) is 4.79 Å². The second kappa shape index (κ2) is 6.36. The second-order valence-electron chi connectivity index (χ2n) is 4.39. The van der Waals surface area contributed by atoms with E-state index < -0.39 is 5.82 Å². The molecule has 0 heterocycles. The van der Waals surface area contributed by atoms with E-state index in [1.807, 2.05) is 0 Å². The molecule has 6 heteroatoms. The zero-order valence-corrected chi connectivity index (χ0v) is 11.2. The molecular weight excluding hydrogens is 278 g/mol. The number of nitrogens with two attached hydrogens (primary N) is 1. The third kappa shape index (κ3) is 3.57. The Kier molecular flexibility index (Phi) is 5.38. The van der Waals surface area contributed by atoms with Gasteiger partial charge < -0.3 is 11.1 Å². The molecule has 0 aromatic heterocycles. The van der Waals surface area contributed by atoms with E-state index in [1.165, 1.54) is 18.2 Å². The lowest BCUT2D eigenvalue weighted by molar-refractivity contribution is -0.119. The quantitative estimate of drug-likeness (QED) is 0.880. The van der Waals surface area contributed by atoms with Crippen molar-refractivity contribution in [3.8, 4) is 0 Å². The van der Waals surface area contributed by atoms with Crippen molar-refractivity contribution >= 4 is 35.6 Å². The molecule has 0 saturated heterocycles. The predicted octanol–water partition coefficient (Wildman–Crippen LogP) is 2.97. The van der Waals surface area contributed by atoms with Crippen LogP contribution in [0.2, 0.25) is 5.02 Å². The molecule has 1 aromatic carbocycles. The molecule has 0 bridgehead atoms. The normalized spacial score (nSPS) is 22.4. The fourth-order valence-corrected chi connectivity index (χ4v) is 2.25. The zero-order valence-electron chi connectivity index (χ0n) is 9.66. The van der Waals surface area contributed by atoms with Gasteiger partial charge in [-0.25, -0.2) is 4.39 Å². The molecule has 3 N–H and O–H groups in total. The monoisotopic (exact) mass is 292 g/mol. The first-order valence-electron chi connectivity index (χ1n) is 5.58. The maximum atomic E-state index is 12.9. The number of amides is 1. The molecule has 1 amide bonds. The zero-order chi connectivity index (χ0) is 12.4. The molecule has 3 nitrogen and oxygen atoms in total. The van der Waals surface area contributed by atoms with Gasteiger partial charge in [0, 0.05) is 17.6 Å². The first-order chi connectivity index (χ1) is 8.06. The van der Waals surface area contributed by atoms with E-state index in [1.54, 1.807) is 0 Å². The molecule has 0 spiro atoms. The van der Waals surface area contributed by atoms with E-state index in [-0.39, 0.29) is 35.3 Å². The van der Waals surface area contributed by atoms with Crippen LogP contribution in [0.1, 0.15) is 19.3 Å². The van der Waals surface area contributed by atoms with E-state index >= 15 is 0 Å². The van der Waals surface area contributed by atoms with Gasteiger partial charge in [-0.15, -0.1) is 12.4 Å². The van der Waals surface area contributed by atoms with Crippen LogP contribution >= 0.6 is 24.0 Å². The van der Waals surface area contributed by atoms with Crippen molar-refractivity contribution in [3.05, 3.63) is 29.0 Å². The smallest absolute Gasteiger partial charge is 0.227 e. The lowest BCUT2D eigenvalue weighted by Gasteiger charge is -2.11. The molecule has 2 unspecified atom stereocenters. The summed E-state index contributed by atoms with van der Waals surface area (Å²) in [5.74, 6) is -0.609. The third-order valence-corrected chi connectivity index (χ3v) is 3.32. The van der Waals surface area contributed by atoms with Crippen molar-refractivity contribution in [1.82, 2.24) is 0 Å². The van der Waals surface area contributed by atoms with Crippen LogP contribution in [-0.2, 0) is 4.79 Å². The molecule has 2 rings (SSSR count). The number of nitrogens with one attached hydrogen (secondary N) is 1. The van der Waals surface area contributed by atoms with E-state index in [9.17, 15) is 9.18 Å². The maximum absolute atomic E-state index is 12.9. The summed E-state index contributed by atoms with van der Waals surface area (Å²) in [5.41, 5.74) is 6.27. The lowest BCUT2D eigenvalue weighted by Crippen LogP contribution is -2.23. The largest absolute Gasteiger partial charge is 0.328 e. The number of carbonyl (C=O) groups is 1. The van der Waals surface area contributed by atoms with E-state index in [0.29, 0.717) is 12.1 Å². The van der Waals surface area contributed by atoms with E-state index in [2.05, 4.69) is 5.32 Å². The molecule has 1 aliphatic carbocycles. The van der Waals surface area contributed by atoms with Gasteiger partial charge in [0.2, 0.25) is 5.91 Å². The maximum Gasteiger partial charge on any atom is 0.227 e. The van der Waals surface area contributed by atoms with Gasteiger partial charge in [0.05, 0.1) is 5.02 Å². The summed E-state index contributed by atoms with van der Waals surface area (Å²) in [6, 6.07) is 4.25. The van der Waals surface area contributed by atoms with Crippen LogP contribution in [0.4, 0.5) is 10.1 Å². The summed E-state index contributed by atoms with van der Waals surface area (Å²) in [7, 11) is 0. The van der Waals surface area contributed by atoms with E-state index in [4.69, 9.17) is 17.3 Å². The molecule has 100 valence electrons. The Balaban J connectivity index is 0.00000162. The minimum atomic E-state index is -0.493. The molecule has 18 heavy (non-hydrogen) atoms. The standard InChI is InChI=1S/C12H14ClFN2O.ClH/c13-10-6-9(3-4-11(10)14)16-12(17)7-1-2-8(15)5-7;/h3-4,6-8H,1-2,5,15H2,(H,16,17);1H. The fraction of sp³-hybridized carbons (Fsp3) is 0.417. The van der Waals surface area contributed by atoms with E-state index in [0.717, 1.165) is 12.8 Å². The summed E-state index contributed by atoms with van der Waals surface area (Å²) < 4.78 is 12.9. The van der Waals surface area contributed by atoms with Gasteiger partial charge in [-0.05, 0) is 37.5 Å². The summed E-state index contributed by atoms with van der Waals surface area (Å²) in [4.78, 5) is 11.9. The number of benzene rings is 1. The molecule has 1 aromatic rings. The average molecular weight is 293 g/mol. The number of hydrogen-bond donors (Lipinski definition) is 2. The molecule has 1 aliphatic rings. The van der Waals surface area contributed by atoms with Gasteiger partial charge in [0.15, 0.2) is 0 Å². The van der Waals surface area contributed by atoms with Crippen molar-refractivity contribution < 1.29 is 9.18 Å². The van der Waals surface area contributed by atoms with Gasteiger partial charge >= 0.3 is 0 Å². The van der Waals surface area contributed by atoms with Crippen LogP contribution < -0.4 is 11.1 Å². The SMILES string of the molecule is Cl.NC1CCC(C(=O)Nc2ccc(F)c(Cl)c2)C1. The highest BCUT2D eigenvalue weighted by atomic mass is 35.5. The molecule has 0 radical (unpaired) electrons. The van der Waals surface area contributed by atoms with Crippen LogP contribution in [0, 0.1) is 11.7 Å². The van der Waals surface area contributed by atoms with Gasteiger partial charge in [0.25, 0.3) is 0 Å². The highest BCUT2D eigenvalue weighted by Gasteiger charge is 2.27. The van der Waals surface area contributed by atoms with Crippen LogP contribution in [0.3, 0.4) is 0 Å². The summed E-state index contributed by atoms with van der Waals surface area (Å²) in [6.45, 7) is 0. The number of halogens is 3. The number of carbonyl (C=O) groups excluding carboxylic acids is 1. The Bertz CT molecular complexity index is 442. The summed E-state index contributed by atoms with van der Waals surface area (Å²) >= 11 is 5.63. The van der Waals surface area contributed by atoms with Crippen LogP contribution in [0.15, 0.2) is 18.2 Å². The molecule has 1 fully saturated rings. The minimum Gasteiger partial charge on any atom is -0.328 e. The average Bonchev–Trinajstić information content (AvgIpc) is 2.70. The van der Waals surface area contributed by atoms with Crippen molar-refractivity contribution in [2.75, 3.05) is 5.32 Å². The lowest BCUT2D eigenvalue weighted by atomic mass is 10.1. The van der Waals surface area contributed by atoms with Gasteiger partial charge in [-0.1, -0.05) is 11.6 Å². The summed E-state index contributed by atoms with van der Waals surface area (Å²) in [6.07, 6.45) is 2.39. The number of hydrogen-bond acceptors (Lipinski definition) is 2. The minimum absolute atomic E-state index is 0. The van der Waals surface area contributed by atoms with Gasteiger partial charge in [-0.2, -0.15) is 0 Å². The molecule has 1 saturated carbocycles. The fourth-order valence-electron chi connectivity index (χ4n) is 2.07. The Hall–Kier alpha value is -0.840. The van der Waals surface area contributed by atoms with Crippen molar-refractivity contribution in [1.29, 1.82) is 0 Å². The molecular formula is C12H15Cl2FN2O. The number of rotatable bonds is 2.